The second-order valence-electron chi connectivity index (χ2n) is 6.13. The number of hydrogen-bond donors (Lipinski definition) is 0. The first kappa shape index (κ1) is 15.3. The van der Waals surface area contributed by atoms with Crippen molar-refractivity contribution in [3.05, 3.63) is 39.3 Å². The van der Waals surface area contributed by atoms with Crippen LogP contribution in [0, 0.1) is 11.8 Å². The molecular weight excluding hydrogens is 353 g/mol. The van der Waals surface area contributed by atoms with Gasteiger partial charge in [0.2, 0.25) is 0 Å². The van der Waals surface area contributed by atoms with Crippen molar-refractivity contribution < 1.29 is 9.59 Å². The van der Waals surface area contributed by atoms with Crippen LogP contribution in [0.1, 0.15) is 30.9 Å². The zero-order valence-electron chi connectivity index (χ0n) is 12.1. The lowest BCUT2D eigenvalue weighted by Gasteiger charge is -2.24. The van der Waals surface area contributed by atoms with Crippen molar-refractivity contribution in [2.75, 3.05) is 0 Å². The van der Waals surface area contributed by atoms with Gasteiger partial charge in [-0.25, -0.2) is 4.98 Å². The van der Waals surface area contributed by atoms with Crippen LogP contribution in [0.2, 0.25) is 9.36 Å². The molecule has 3 nitrogen and oxygen atoms in total. The molecule has 2 aliphatic carbocycles. The molecule has 0 aliphatic heterocycles. The largest absolute Gasteiger partial charge is 0.298 e. The highest BCUT2D eigenvalue weighted by atomic mass is 35.5. The fourth-order valence-electron chi connectivity index (χ4n) is 3.59. The van der Waals surface area contributed by atoms with Gasteiger partial charge in [0.25, 0.3) is 0 Å². The molecule has 2 fully saturated rings. The Balaban J connectivity index is 1.73. The molecule has 2 aromatic rings. The maximum atomic E-state index is 12.6. The summed E-state index contributed by atoms with van der Waals surface area (Å²) < 4.78 is 0.433. The molecule has 1 unspecified atom stereocenters. The van der Waals surface area contributed by atoms with Crippen molar-refractivity contribution in [3.63, 3.8) is 0 Å². The number of carbonyl (C=O) groups is 2. The van der Waals surface area contributed by atoms with Gasteiger partial charge < -0.3 is 0 Å². The Bertz CT molecular complexity index is 777. The summed E-state index contributed by atoms with van der Waals surface area (Å²) in [4.78, 5) is 29.7. The van der Waals surface area contributed by atoms with E-state index < -0.39 is 5.92 Å². The normalized spacial score (nSPS) is 26.8. The van der Waals surface area contributed by atoms with Gasteiger partial charge in [0, 0.05) is 22.4 Å². The molecule has 118 valence electrons. The number of benzene rings is 1. The summed E-state index contributed by atoms with van der Waals surface area (Å²) in [6.45, 7) is 0. The molecular formula is C17H13Cl2NO2S. The lowest BCUT2D eigenvalue weighted by molar-refractivity contribution is -0.136. The average Bonchev–Trinajstić information content (AvgIpc) is 3.13. The van der Waals surface area contributed by atoms with E-state index in [1.165, 1.54) is 11.3 Å². The van der Waals surface area contributed by atoms with Crippen LogP contribution in [0.4, 0.5) is 0 Å². The summed E-state index contributed by atoms with van der Waals surface area (Å²) in [5, 5.41) is 1.35. The first-order chi connectivity index (χ1) is 11.0. The van der Waals surface area contributed by atoms with Crippen LogP contribution in [0.3, 0.4) is 0 Å². The van der Waals surface area contributed by atoms with Crippen LogP contribution in [-0.2, 0) is 9.59 Å². The van der Waals surface area contributed by atoms with Gasteiger partial charge in [-0.2, -0.15) is 0 Å². The molecule has 2 aliphatic rings. The van der Waals surface area contributed by atoms with Gasteiger partial charge in [-0.3, -0.25) is 9.59 Å². The number of thiazole rings is 1. The average molecular weight is 366 g/mol. The smallest absolute Gasteiger partial charge is 0.152 e. The molecule has 2 saturated carbocycles. The van der Waals surface area contributed by atoms with E-state index in [2.05, 4.69) is 4.98 Å². The van der Waals surface area contributed by atoms with Crippen LogP contribution in [0.5, 0.6) is 0 Å². The van der Waals surface area contributed by atoms with E-state index in [0.717, 1.165) is 18.4 Å². The predicted molar refractivity (Wildman–Crippen MR) is 91.2 cm³/mol. The third kappa shape index (κ3) is 2.53. The van der Waals surface area contributed by atoms with Crippen molar-refractivity contribution in [2.24, 2.45) is 11.8 Å². The molecule has 4 rings (SSSR count). The molecule has 2 bridgehead atoms. The van der Waals surface area contributed by atoms with Gasteiger partial charge in [-0.1, -0.05) is 35.3 Å². The Hall–Kier alpha value is -1.23. The molecule has 0 amide bonds. The van der Waals surface area contributed by atoms with Gasteiger partial charge in [0.15, 0.2) is 11.6 Å². The number of aromatic nitrogens is 1. The number of halogens is 2. The van der Waals surface area contributed by atoms with Crippen molar-refractivity contribution in [1.29, 1.82) is 0 Å². The maximum Gasteiger partial charge on any atom is 0.152 e. The molecule has 0 N–H and O–H groups in total. The van der Waals surface area contributed by atoms with Gasteiger partial charge in [0.1, 0.15) is 15.3 Å². The van der Waals surface area contributed by atoms with E-state index in [1.54, 1.807) is 12.1 Å². The number of ketones is 2. The van der Waals surface area contributed by atoms with E-state index >= 15 is 0 Å². The molecule has 0 saturated heterocycles. The quantitative estimate of drug-likeness (QED) is 0.720. The summed E-state index contributed by atoms with van der Waals surface area (Å²) >= 11 is 13.5. The summed E-state index contributed by atoms with van der Waals surface area (Å²) in [7, 11) is 0. The van der Waals surface area contributed by atoms with Crippen LogP contribution < -0.4 is 0 Å². The van der Waals surface area contributed by atoms with E-state index in [1.807, 2.05) is 12.1 Å². The van der Waals surface area contributed by atoms with Crippen molar-refractivity contribution in [2.45, 2.75) is 25.2 Å². The highest BCUT2D eigenvalue weighted by Gasteiger charge is 2.49. The summed E-state index contributed by atoms with van der Waals surface area (Å²) in [5.74, 6) is -0.776. The van der Waals surface area contributed by atoms with Crippen molar-refractivity contribution >= 4 is 46.1 Å². The number of nitrogens with zero attached hydrogens (tertiary/aromatic N) is 1. The van der Waals surface area contributed by atoms with Crippen LogP contribution >= 0.6 is 34.5 Å². The Labute approximate surface area is 147 Å². The van der Waals surface area contributed by atoms with Crippen molar-refractivity contribution in [1.82, 2.24) is 4.98 Å². The number of carbonyl (C=O) groups excluding carboxylic acids is 2. The maximum absolute atomic E-state index is 12.6. The third-order valence-electron chi connectivity index (χ3n) is 4.78. The second kappa shape index (κ2) is 5.69. The number of hydrogen-bond acceptors (Lipinski definition) is 4. The van der Waals surface area contributed by atoms with Gasteiger partial charge >= 0.3 is 0 Å². The van der Waals surface area contributed by atoms with Crippen LogP contribution in [-0.4, -0.2) is 16.6 Å². The Morgan fingerprint density at radius 1 is 1.00 bits per heavy atom. The van der Waals surface area contributed by atoms with Crippen LogP contribution in [0.15, 0.2) is 24.3 Å². The molecule has 3 atom stereocenters. The molecule has 23 heavy (non-hydrogen) atoms. The number of fused-ring (bicyclic) bond motifs is 2. The summed E-state index contributed by atoms with van der Waals surface area (Å²) in [6.07, 6.45) is 2.34. The second-order valence-corrected chi connectivity index (χ2v) is 8.17. The van der Waals surface area contributed by atoms with E-state index in [4.69, 9.17) is 23.2 Å². The third-order valence-corrected chi connectivity index (χ3v) is 6.37. The minimum atomic E-state index is -0.772. The fraction of sp³-hybridized carbons (Fsp3) is 0.353. The topological polar surface area (TPSA) is 47.0 Å². The molecule has 0 radical (unpaired) electrons. The first-order valence-electron chi connectivity index (χ1n) is 7.54. The first-order valence-corrected chi connectivity index (χ1v) is 9.11. The van der Waals surface area contributed by atoms with E-state index in [0.29, 0.717) is 26.5 Å². The minimum absolute atomic E-state index is 0.000511. The highest BCUT2D eigenvalue weighted by molar-refractivity contribution is 7.19. The zero-order valence-corrected chi connectivity index (χ0v) is 14.4. The summed E-state index contributed by atoms with van der Waals surface area (Å²) in [6, 6.07) is 7.27. The monoisotopic (exact) mass is 365 g/mol. The fourth-order valence-corrected chi connectivity index (χ4v) is 4.92. The molecule has 1 aromatic heterocycles. The standard InChI is InChI=1S/C17H13Cl2NO2S/c18-11-5-3-8(4-6-11)17-20-13(16(19)23-17)12-14(21)9-1-2-10(7-9)15(12)22/h3-6,9-10,12H,1-2,7H2/t9-,10+,12?. The van der Waals surface area contributed by atoms with E-state index in [9.17, 15) is 9.59 Å². The SMILES string of the molecule is O=C1C(c2nc(-c3ccc(Cl)cc3)sc2Cl)C(=O)[C@H]2CC[C@@H]1C2. The lowest BCUT2D eigenvalue weighted by Crippen LogP contribution is -2.35. The van der Waals surface area contributed by atoms with Crippen LogP contribution in [0.25, 0.3) is 10.6 Å². The molecule has 1 aromatic carbocycles. The minimum Gasteiger partial charge on any atom is -0.298 e. The number of Topliss-reactive ketones (excluding diaryl/α,β-unsaturated/α-hetero) is 2. The Morgan fingerprint density at radius 3 is 2.22 bits per heavy atom. The van der Waals surface area contributed by atoms with Crippen molar-refractivity contribution in [3.8, 4) is 10.6 Å². The Kier molecular flexibility index (Phi) is 3.79. The summed E-state index contributed by atoms with van der Waals surface area (Å²) in [5.41, 5.74) is 1.32. The molecule has 0 spiro atoms. The predicted octanol–water partition coefficient (Wildman–Crippen LogP) is 4.77. The van der Waals surface area contributed by atoms with E-state index in [-0.39, 0.29) is 23.4 Å². The lowest BCUT2D eigenvalue weighted by atomic mass is 9.77. The van der Waals surface area contributed by atoms with Gasteiger partial charge in [-0.05, 0) is 31.4 Å². The molecule has 1 heterocycles. The molecule has 6 heteroatoms. The van der Waals surface area contributed by atoms with Gasteiger partial charge in [0.05, 0.1) is 5.69 Å². The Morgan fingerprint density at radius 2 is 1.61 bits per heavy atom. The zero-order chi connectivity index (χ0) is 16.1. The number of rotatable bonds is 2. The highest BCUT2D eigenvalue weighted by Crippen LogP contribution is 2.46. The van der Waals surface area contributed by atoms with Gasteiger partial charge in [-0.15, -0.1) is 11.3 Å².